The predicted octanol–water partition coefficient (Wildman–Crippen LogP) is 21.4. The lowest BCUT2D eigenvalue weighted by Crippen LogP contribution is -2.45. The first-order chi connectivity index (χ1) is 38.5. The van der Waals surface area contributed by atoms with Crippen LogP contribution >= 0.6 is 7.82 Å². The van der Waals surface area contributed by atoms with E-state index >= 15 is 0 Å². The molecule has 1 amide bonds. The number of hydrogen-bond donors (Lipinski definition) is 2. The second-order valence-corrected chi connectivity index (χ2v) is 26.7. The number of allylic oxidation sites excluding steroid dienone is 5. The van der Waals surface area contributed by atoms with Gasteiger partial charge >= 0.3 is 0 Å². The molecule has 79 heavy (non-hydrogen) atoms. The largest absolute Gasteiger partial charge is 0.756 e. The van der Waals surface area contributed by atoms with Crippen LogP contribution in [-0.2, 0) is 18.4 Å². The van der Waals surface area contributed by atoms with Gasteiger partial charge in [-0.15, -0.1) is 0 Å². The number of aliphatic hydroxyl groups is 1. The molecule has 0 aliphatic carbocycles. The van der Waals surface area contributed by atoms with Crippen LogP contribution in [0.5, 0.6) is 0 Å². The molecule has 3 unspecified atom stereocenters. The van der Waals surface area contributed by atoms with Crippen molar-refractivity contribution in [2.75, 3.05) is 40.9 Å². The van der Waals surface area contributed by atoms with Crippen molar-refractivity contribution in [3.8, 4) is 0 Å². The lowest BCUT2D eigenvalue weighted by molar-refractivity contribution is -0.870. The third-order valence-corrected chi connectivity index (χ3v) is 17.1. The van der Waals surface area contributed by atoms with Gasteiger partial charge in [-0.25, -0.2) is 0 Å². The monoisotopic (exact) mass is 1130 g/mol. The van der Waals surface area contributed by atoms with Crippen molar-refractivity contribution in [1.29, 1.82) is 0 Å². The van der Waals surface area contributed by atoms with E-state index in [-0.39, 0.29) is 19.1 Å². The molecular formula is C70H137N2O6P. The van der Waals surface area contributed by atoms with Crippen molar-refractivity contribution in [3.63, 3.8) is 0 Å². The number of phosphoric acid groups is 1. The van der Waals surface area contributed by atoms with Gasteiger partial charge in [0.2, 0.25) is 5.91 Å². The molecule has 3 atom stereocenters. The molecule has 9 heteroatoms. The summed E-state index contributed by atoms with van der Waals surface area (Å²) in [6, 6.07) is -0.888. The van der Waals surface area contributed by atoms with E-state index in [0.717, 1.165) is 44.9 Å². The fourth-order valence-electron chi connectivity index (χ4n) is 10.7. The summed E-state index contributed by atoms with van der Waals surface area (Å²) in [5.41, 5.74) is 0. The molecule has 0 rings (SSSR count). The Labute approximate surface area is 493 Å². The Morgan fingerprint density at radius 1 is 0.443 bits per heavy atom. The summed E-state index contributed by atoms with van der Waals surface area (Å²) in [5, 5.41) is 14.0. The van der Waals surface area contributed by atoms with Gasteiger partial charge in [-0.1, -0.05) is 333 Å². The van der Waals surface area contributed by atoms with Crippen molar-refractivity contribution >= 4 is 13.7 Å². The van der Waals surface area contributed by atoms with E-state index in [4.69, 9.17) is 9.05 Å². The van der Waals surface area contributed by atoms with Gasteiger partial charge in [0.1, 0.15) is 13.2 Å². The molecule has 2 N–H and O–H groups in total. The first-order valence-corrected chi connectivity index (χ1v) is 36.3. The lowest BCUT2D eigenvalue weighted by atomic mass is 10.0. The second kappa shape index (κ2) is 61.3. The van der Waals surface area contributed by atoms with Crippen LogP contribution in [0.15, 0.2) is 36.5 Å². The highest BCUT2D eigenvalue weighted by molar-refractivity contribution is 7.45. The molecule has 0 aliphatic rings. The number of nitrogens with one attached hydrogen (secondary N) is 1. The molecule has 0 radical (unpaired) electrons. The van der Waals surface area contributed by atoms with E-state index in [1.807, 2.05) is 27.2 Å². The molecule has 0 heterocycles. The maximum absolute atomic E-state index is 13.0. The Morgan fingerprint density at radius 2 is 0.734 bits per heavy atom. The minimum Gasteiger partial charge on any atom is -0.756 e. The summed E-state index contributed by atoms with van der Waals surface area (Å²) in [4.78, 5) is 25.6. The van der Waals surface area contributed by atoms with E-state index in [1.165, 1.54) is 289 Å². The number of hydrogen-bond acceptors (Lipinski definition) is 6. The van der Waals surface area contributed by atoms with Crippen LogP contribution in [-0.4, -0.2) is 68.5 Å². The average molecular weight is 1130 g/mol. The molecule has 8 nitrogen and oxygen atoms in total. The minimum absolute atomic E-state index is 0.0000328. The van der Waals surface area contributed by atoms with E-state index < -0.39 is 20.0 Å². The molecule has 0 saturated heterocycles. The quantitative estimate of drug-likeness (QED) is 0.0272. The molecule has 0 spiro atoms. The fourth-order valence-corrected chi connectivity index (χ4v) is 11.4. The van der Waals surface area contributed by atoms with Crippen LogP contribution in [0, 0.1) is 0 Å². The van der Waals surface area contributed by atoms with Crippen LogP contribution in [0.3, 0.4) is 0 Å². The molecule has 0 aliphatic heterocycles. The van der Waals surface area contributed by atoms with Crippen LogP contribution in [0.4, 0.5) is 0 Å². The first kappa shape index (κ1) is 77.7. The molecule has 0 bridgehead atoms. The van der Waals surface area contributed by atoms with Gasteiger partial charge in [0.15, 0.2) is 0 Å². The maximum atomic E-state index is 13.0. The molecule has 0 saturated carbocycles. The zero-order chi connectivity index (χ0) is 57.7. The summed E-state index contributed by atoms with van der Waals surface area (Å²) < 4.78 is 23.5. The highest BCUT2D eigenvalue weighted by atomic mass is 31.2. The highest BCUT2D eigenvalue weighted by Gasteiger charge is 2.23. The van der Waals surface area contributed by atoms with Crippen molar-refractivity contribution in [2.24, 2.45) is 0 Å². The molecule has 0 aromatic heterocycles. The number of carbonyl (C=O) groups excluding carboxylic acids is 1. The van der Waals surface area contributed by atoms with Gasteiger partial charge in [-0.05, 0) is 51.4 Å². The number of aliphatic hydroxyl groups excluding tert-OH is 1. The summed E-state index contributed by atoms with van der Waals surface area (Å²) >= 11 is 0. The standard InChI is InChI=1S/C70H137N2O6P/c1-6-8-10-12-14-16-18-20-22-24-26-28-30-32-33-34-35-36-37-38-40-41-43-45-47-49-51-53-55-57-59-61-63-69(73)68(67-78-79(75,76)77-66-65-72(3,4)5)71-70(74)64-62-60-58-56-54-52-50-48-46-44-42-39-31-29-27-25-23-21-19-17-15-13-11-9-7-2/h19,21,25,27,61,63,68-69,73H,6-18,20,22-24,26,28-60,62,64-67H2,1-5H3,(H-,71,74,75,76)/b21-19-,27-25-,63-61+. The third-order valence-electron chi connectivity index (χ3n) is 16.1. The smallest absolute Gasteiger partial charge is 0.268 e. The van der Waals surface area contributed by atoms with E-state index in [9.17, 15) is 19.4 Å². The normalized spacial score (nSPS) is 13.9. The lowest BCUT2D eigenvalue weighted by Gasteiger charge is -2.29. The maximum Gasteiger partial charge on any atom is 0.268 e. The van der Waals surface area contributed by atoms with Crippen LogP contribution in [0.1, 0.15) is 354 Å². The van der Waals surface area contributed by atoms with Crippen LogP contribution in [0.25, 0.3) is 0 Å². The zero-order valence-electron chi connectivity index (χ0n) is 53.6. The topological polar surface area (TPSA) is 108 Å². The van der Waals surface area contributed by atoms with Gasteiger partial charge < -0.3 is 28.8 Å². The summed E-state index contributed by atoms with van der Waals surface area (Å²) in [6.07, 6.45) is 81.2. The average Bonchev–Trinajstić information content (AvgIpc) is 3.42. The number of phosphoric ester groups is 1. The highest BCUT2D eigenvalue weighted by Crippen LogP contribution is 2.38. The Bertz CT molecular complexity index is 1380. The zero-order valence-corrected chi connectivity index (χ0v) is 54.5. The number of amides is 1. The fraction of sp³-hybridized carbons (Fsp3) is 0.900. The Balaban J connectivity index is 4.05. The molecule has 0 fully saturated rings. The Morgan fingerprint density at radius 3 is 1.05 bits per heavy atom. The van der Waals surface area contributed by atoms with E-state index in [2.05, 4.69) is 43.5 Å². The minimum atomic E-state index is -4.60. The van der Waals surface area contributed by atoms with Crippen molar-refractivity contribution in [1.82, 2.24) is 5.32 Å². The third kappa shape index (κ3) is 64.1. The number of carbonyl (C=O) groups is 1. The van der Waals surface area contributed by atoms with Crippen LogP contribution in [0.2, 0.25) is 0 Å². The van der Waals surface area contributed by atoms with Gasteiger partial charge in [-0.2, -0.15) is 0 Å². The SMILES string of the molecule is CCCCCCC/C=C\C/C=C\CCCCCCCCCCCCCCCC(=O)NC(COP(=O)([O-])OCC[N+](C)(C)C)C(O)/C=C/CCCCCCCCCCCCCCCCCCCCCCCCCCCCCCCC. The Hall–Kier alpha value is -1.28. The van der Waals surface area contributed by atoms with Gasteiger partial charge in [0.05, 0.1) is 39.9 Å². The predicted molar refractivity (Wildman–Crippen MR) is 344 cm³/mol. The van der Waals surface area contributed by atoms with Crippen molar-refractivity contribution in [3.05, 3.63) is 36.5 Å². The number of unbranched alkanes of at least 4 members (excludes halogenated alkanes) is 48. The second-order valence-electron chi connectivity index (χ2n) is 25.2. The van der Waals surface area contributed by atoms with Crippen molar-refractivity contribution in [2.45, 2.75) is 366 Å². The first-order valence-electron chi connectivity index (χ1n) is 34.9. The summed E-state index contributed by atoms with van der Waals surface area (Å²) in [5.74, 6) is -0.193. The number of likely N-dealkylation sites (N-methyl/N-ethyl adjacent to an activating group) is 1. The molecule has 0 aromatic rings. The number of rotatable bonds is 65. The number of nitrogens with zero attached hydrogens (tertiary/aromatic N) is 1. The van der Waals surface area contributed by atoms with E-state index in [1.54, 1.807) is 6.08 Å². The van der Waals surface area contributed by atoms with Crippen LogP contribution < -0.4 is 10.2 Å². The van der Waals surface area contributed by atoms with Gasteiger partial charge in [-0.3, -0.25) is 9.36 Å². The summed E-state index contributed by atoms with van der Waals surface area (Å²) in [7, 11) is 1.27. The van der Waals surface area contributed by atoms with E-state index in [0.29, 0.717) is 17.4 Å². The molecule has 0 aromatic carbocycles. The van der Waals surface area contributed by atoms with Gasteiger partial charge in [0.25, 0.3) is 7.82 Å². The van der Waals surface area contributed by atoms with Gasteiger partial charge in [0, 0.05) is 6.42 Å². The summed E-state index contributed by atoms with van der Waals surface area (Å²) in [6.45, 7) is 4.69. The number of quaternary nitrogens is 1. The van der Waals surface area contributed by atoms with Crippen molar-refractivity contribution < 1.29 is 32.9 Å². The molecular weight excluding hydrogens is 996 g/mol. The molecule has 468 valence electrons. The Kier molecular flexibility index (Phi) is 60.3.